The quantitative estimate of drug-likeness (QED) is 0.229. The molecule has 4 rings (SSSR count). The number of aryl methyl sites for hydroxylation is 1. The van der Waals surface area contributed by atoms with Gasteiger partial charge in [0.15, 0.2) is 0 Å². The lowest BCUT2D eigenvalue weighted by molar-refractivity contribution is 0.0988. The fraction of sp³-hybridized carbons (Fsp3) is 0.125. The van der Waals surface area contributed by atoms with Gasteiger partial charge < -0.3 is 4.74 Å². The van der Waals surface area contributed by atoms with Crippen LogP contribution in [0.25, 0.3) is 10.2 Å². The third-order valence-electron chi connectivity index (χ3n) is 4.52. The molecule has 4 aromatic rings. The molecule has 7 heteroatoms. The van der Waals surface area contributed by atoms with Crippen molar-refractivity contribution in [1.82, 2.24) is 4.98 Å². The number of carbonyl (C=O) groups is 1. The van der Waals surface area contributed by atoms with Crippen molar-refractivity contribution < 1.29 is 9.53 Å². The molecule has 0 N–H and O–H groups in total. The molecule has 31 heavy (non-hydrogen) atoms. The number of hydrogen-bond acceptors (Lipinski definition) is 5. The van der Waals surface area contributed by atoms with Gasteiger partial charge in [-0.05, 0) is 61.9 Å². The molecule has 156 valence electrons. The maximum atomic E-state index is 13.4. The van der Waals surface area contributed by atoms with E-state index in [0.29, 0.717) is 17.3 Å². The van der Waals surface area contributed by atoms with E-state index in [4.69, 9.17) is 4.74 Å². The van der Waals surface area contributed by atoms with Gasteiger partial charge in [0.2, 0.25) is 5.13 Å². The molecular formula is C24H20BrN3O2S. The van der Waals surface area contributed by atoms with Crippen molar-refractivity contribution in [1.29, 1.82) is 0 Å². The average molecular weight is 494 g/mol. The molecule has 1 amide bonds. The number of rotatable bonds is 6. The van der Waals surface area contributed by atoms with E-state index in [0.717, 1.165) is 31.6 Å². The van der Waals surface area contributed by atoms with Crippen LogP contribution >= 0.6 is 27.3 Å². The molecule has 0 aliphatic rings. The molecule has 0 radical (unpaired) electrons. The third-order valence-corrected chi connectivity index (χ3v) is 6.01. The highest BCUT2D eigenvalue weighted by molar-refractivity contribution is 9.10. The summed E-state index contributed by atoms with van der Waals surface area (Å²) in [6, 6.07) is 20.8. The predicted molar refractivity (Wildman–Crippen MR) is 131 cm³/mol. The maximum absolute atomic E-state index is 13.4. The highest BCUT2D eigenvalue weighted by Gasteiger charge is 2.21. The van der Waals surface area contributed by atoms with Crippen molar-refractivity contribution >= 4 is 54.7 Å². The van der Waals surface area contributed by atoms with Crippen LogP contribution in [0.4, 0.5) is 5.13 Å². The first-order valence-electron chi connectivity index (χ1n) is 9.77. The summed E-state index contributed by atoms with van der Waals surface area (Å²) in [5, 5.41) is 6.38. The first-order valence-corrected chi connectivity index (χ1v) is 11.4. The number of ether oxygens (including phenoxy) is 1. The summed E-state index contributed by atoms with van der Waals surface area (Å²) in [5.74, 6) is 0.461. The van der Waals surface area contributed by atoms with Crippen LogP contribution in [0, 0.1) is 6.92 Å². The van der Waals surface area contributed by atoms with Crippen molar-refractivity contribution in [2.75, 3.05) is 11.6 Å². The molecule has 0 bridgehead atoms. The Labute approximate surface area is 193 Å². The zero-order valence-electron chi connectivity index (χ0n) is 17.1. The third kappa shape index (κ3) is 5.00. The summed E-state index contributed by atoms with van der Waals surface area (Å²) >= 11 is 4.90. The van der Waals surface area contributed by atoms with Gasteiger partial charge in [0.25, 0.3) is 5.91 Å². The van der Waals surface area contributed by atoms with Crippen LogP contribution in [0.3, 0.4) is 0 Å². The second-order valence-electron chi connectivity index (χ2n) is 6.84. The number of hydrogen-bond donors (Lipinski definition) is 0. The van der Waals surface area contributed by atoms with Gasteiger partial charge in [-0.2, -0.15) is 10.1 Å². The SMILES string of the molecule is CCOc1ccc(C(=O)N(/N=C/c2ccc(C)cc2)c2nc3ccc(Br)cc3s2)cc1. The Bertz CT molecular complexity index is 1230. The van der Waals surface area contributed by atoms with Crippen LogP contribution in [-0.2, 0) is 0 Å². The van der Waals surface area contributed by atoms with E-state index in [9.17, 15) is 4.79 Å². The fourth-order valence-electron chi connectivity index (χ4n) is 2.93. The van der Waals surface area contributed by atoms with Crippen molar-refractivity contribution in [3.63, 3.8) is 0 Å². The summed E-state index contributed by atoms with van der Waals surface area (Å²) in [4.78, 5) is 18.0. The topological polar surface area (TPSA) is 54.8 Å². The Balaban J connectivity index is 1.71. The van der Waals surface area contributed by atoms with Crippen LogP contribution in [0.1, 0.15) is 28.4 Å². The summed E-state index contributed by atoms with van der Waals surface area (Å²) in [5.41, 5.74) is 3.39. The van der Waals surface area contributed by atoms with Gasteiger partial charge in [-0.15, -0.1) is 0 Å². The summed E-state index contributed by atoms with van der Waals surface area (Å²) in [6.07, 6.45) is 1.67. The number of thiazole rings is 1. The average Bonchev–Trinajstić information content (AvgIpc) is 3.18. The van der Waals surface area contributed by atoms with Gasteiger partial charge in [0.05, 0.1) is 23.0 Å². The number of anilines is 1. The molecular weight excluding hydrogens is 474 g/mol. The molecule has 0 spiro atoms. The number of carbonyl (C=O) groups excluding carboxylic acids is 1. The summed E-state index contributed by atoms with van der Waals surface area (Å²) in [6.45, 7) is 4.52. The largest absolute Gasteiger partial charge is 0.494 e. The summed E-state index contributed by atoms with van der Waals surface area (Å²) < 4.78 is 7.42. The van der Waals surface area contributed by atoms with E-state index in [1.54, 1.807) is 30.5 Å². The Kier molecular flexibility index (Phi) is 6.44. The zero-order valence-corrected chi connectivity index (χ0v) is 19.5. The van der Waals surface area contributed by atoms with Crippen LogP contribution in [0.5, 0.6) is 5.75 Å². The van der Waals surface area contributed by atoms with E-state index < -0.39 is 0 Å². The summed E-state index contributed by atoms with van der Waals surface area (Å²) in [7, 11) is 0. The molecule has 0 aliphatic heterocycles. The predicted octanol–water partition coefficient (Wildman–Crippen LogP) is 6.45. The van der Waals surface area contributed by atoms with Gasteiger partial charge in [-0.25, -0.2) is 4.98 Å². The van der Waals surface area contributed by atoms with Crippen molar-refractivity contribution in [2.24, 2.45) is 5.10 Å². The molecule has 0 unspecified atom stereocenters. The smallest absolute Gasteiger partial charge is 0.280 e. The van der Waals surface area contributed by atoms with Gasteiger partial charge in [-0.3, -0.25) is 4.79 Å². The van der Waals surface area contributed by atoms with Crippen molar-refractivity contribution in [2.45, 2.75) is 13.8 Å². The Morgan fingerprint density at radius 1 is 1.13 bits per heavy atom. The van der Waals surface area contributed by atoms with Crippen molar-refractivity contribution in [3.8, 4) is 5.75 Å². The number of hydrazone groups is 1. The molecule has 0 atom stereocenters. The molecule has 1 aromatic heterocycles. The van der Waals surface area contributed by atoms with E-state index in [1.807, 2.05) is 56.3 Å². The Hall–Kier alpha value is -3.03. The normalized spacial score (nSPS) is 11.2. The minimum atomic E-state index is -0.260. The monoisotopic (exact) mass is 493 g/mol. The number of aromatic nitrogens is 1. The molecule has 3 aromatic carbocycles. The molecule has 0 fully saturated rings. The molecule has 0 saturated carbocycles. The van der Waals surface area contributed by atoms with Crippen LogP contribution < -0.4 is 9.75 Å². The lowest BCUT2D eigenvalue weighted by Crippen LogP contribution is -2.25. The highest BCUT2D eigenvalue weighted by atomic mass is 79.9. The molecule has 5 nitrogen and oxygen atoms in total. The van der Waals surface area contributed by atoms with Gasteiger partial charge in [0.1, 0.15) is 5.75 Å². The minimum Gasteiger partial charge on any atom is -0.494 e. The first kappa shape index (κ1) is 21.2. The van der Waals surface area contributed by atoms with Crippen LogP contribution in [-0.4, -0.2) is 23.7 Å². The first-order chi connectivity index (χ1) is 15.0. The van der Waals surface area contributed by atoms with E-state index >= 15 is 0 Å². The highest BCUT2D eigenvalue weighted by Crippen LogP contribution is 2.32. The number of nitrogens with zero attached hydrogens (tertiary/aromatic N) is 3. The lowest BCUT2D eigenvalue weighted by Gasteiger charge is -2.14. The fourth-order valence-corrected chi connectivity index (χ4v) is 4.40. The lowest BCUT2D eigenvalue weighted by atomic mass is 10.2. The minimum absolute atomic E-state index is 0.260. The molecule has 0 aliphatic carbocycles. The second-order valence-corrected chi connectivity index (χ2v) is 8.76. The maximum Gasteiger partial charge on any atom is 0.280 e. The van der Waals surface area contributed by atoms with Crippen molar-refractivity contribution in [3.05, 3.63) is 87.9 Å². The van der Waals surface area contributed by atoms with Crippen LogP contribution in [0.2, 0.25) is 0 Å². The van der Waals surface area contributed by atoms with Gasteiger partial charge >= 0.3 is 0 Å². The van der Waals surface area contributed by atoms with E-state index in [-0.39, 0.29) is 5.91 Å². The Morgan fingerprint density at radius 2 is 1.87 bits per heavy atom. The van der Waals surface area contributed by atoms with Gasteiger partial charge in [-0.1, -0.05) is 57.1 Å². The van der Waals surface area contributed by atoms with E-state index in [1.165, 1.54) is 16.3 Å². The van der Waals surface area contributed by atoms with E-state index in [2.05, 4.69) is 26.0 Å². The second kappa shape index (κ2) is 9.41. The molecule has 0 saturated heterocycles. The van der Waals surface area contributed by atoms with Gasteiger partial charge in [0, 0.05) is 10.0 Å². The number of amides is 1. The van der Waals surface area contributed by atoms with Crippen LogP contribution in [0.15, 0.2) is 76.3 Å². The number of halogens is 1. The zero-order chi connectivity index (χ0) is 21.8. The Morgan fingerprint density at radius 3 is 2.58 bits per heavy atom. The standard InChI is InChI=1S/C24H20BrN3O2S/c1-3-30-20-11-8-18(9-12-20)23(29)28(26-15-17-6-4-16(2)5-7-17)24-27-21-13-10-19(25)14-22(21)31-24/h4-15H,3H2,1-2H3/b26-15+. The number of fused-ring (bicyclic) bond motifs is 1. The molecule has 1 heterocycles. The number of benzene rings is 3.